The van der Waals surface area contributed by atoms with Crippen LogP contribution in [0.25, 0.3) is 0 Å². The summed E-state index contributed by atoms with van der Waals surface area (Å²) in [5, 5.41) is 6.38. The summed E-state index contributed by atoms with van der Waals surface area (Å²) in [5.41, 5.74) is 0. The van der Waals surface area contributed by atoms with E-state index in [0.29, 0.717) is 12.5 Å². The predicted molar refractivity (Wildman–Crippen MR) is 69.5 cm³/mol. The monoisotopic (exact) mass is 262 g/mol. The van der Waals surface area contributed by atoms with Crippen LogP contribution >= 0.6 is 12.4 Å². The number of carbonyl (C=O) groups is 1. The van der Waals surface area contributed by atoms with Crippen LogP contribution in [0.4, 0.5) is 0 Å². The van der Waals surface area contributed by atoms with Crippen molar-refractivity contribution in [3.8, 4) is 0 Å². The molecule has 1 amide bonds. The molecule has 2 rings (SSSR count). The number of ether oxygens (including phenoxy) is 1. The van der Waals surface area contributed by atoms with Crippen LogP contribution in [0.2, 0.25) is 0 Å². The van der Waals surface area contributed by atoms with Gasteiger partial charge in [-0.15, -0.1) is 12.4 Å². The van der Waals surface area contributed by atoms with Gasteiger partial charge in [-0.3, -0.25) is 4.79 Å². The molecule has 2 heterocycles. The Kier molecular flexibility index (Phi) is 6.23. The van der Waals surface area contributed by atoms with Crippen LogP contribution in [0.5, 0.6) is 0 Å². The van der Waals surface area contributed by atoms with Crippen LogP contribution < -0.4 is 10.6 Å². The van der Waals surface area contributed by atoms with Gasteiger partial charge in [-0.25, -0.2) is 0 Å². The van der Waals surface area contributed by atoms with E-state index in [2.05, 4.69) is 10.6 Å². The summed E-state index contributed by atoms with van der Waals surface area (Å²) in [6.07, 6.45) is 5.34. The molecule has 5 heteroatoms. The molecule has 3 atom stereocenters. The van der Waals surface area contributed by atoms with Gasteiger partial charge in [0.1, 0.15) is 0 Å². The number of rotatable bonds is 4. The molecule has 100 valence electrons. The maximum Gasteiger partial charge on any atom is 0.221 e. The molecule has 17 heavy (non-hydrogen) atoms. The smallest absolute Gasteiger partial charge is 0.221 e. The van der Waals surface area contributed by atoms with Crippen LogP contribution in [-0.2, 0) is 9.53 Å². The van der Waals surface area contributed by atoms with Crippen molar-refractivity contribution in [1.82, 2.24) is 10.6 Å². The topological polar surface area (TPSA) is 50.4 Å². The van der Waals surface area contributed by atoms with Crippen molar-refractivity contribution in [2.45, 2.75) is 57.2 Å². The van der Waals surface area contributed by atoms with Crippen LogP contribution in [0, 0.1) is 0 Å². The average molecular weight is 263 g/mol. The lowest BCUT2D eigenvalue weighted by Gasteiger charge is -2.21. The van der Waals surface area contributed by atoms with E-state index in [1.165, 1.54) is 6.42 Å². The van der Waals surface area contributed by atoms with Gasteiger partial charge >= 0.3 is 0 Å². The highest BCUT2D eigenvalue weighted by atomic mass is 35.5. The number of halogens is 1. The normalized spacial score (nSPS) is 29.7. The maximum atomic E-state index is 11.8. The van der Waals surface area contributed by atoms with Gasteiger partial charge in [0.15, 0.2) is 0 Å². The van der Waals surface area contributed by atoms with Crippen molar-refractivity contribution in [1.29, 1.82) is 0 Å². The van der Waals surface area contributed by atoms with E-state index in [9.17, 15) is 4.79 Å². The molecule has 2 N–H and O–H groups in total. The van der Waals surface area contributed by atoms with Crippen LogP contribution in [0.3, 0.4) is 0 Å². The zero-order chi connectivity index (χ0) is 11.4. The standard InChI is InChI=1S/C12H22N2O2.ClH/c1-9(11-5-3-7-16-11)14-12(15)8-10-4-2-6-13-10;/h9-11,13H,2-8H2,1H3,(H,14,15);1H. The number of carbonyl (C=O) groups excluding carboxylic acids is 1. The zero-order valence-corrected chi connectivity index (χ0v) is 11.2. The molecular weight excluding hydrogens is 240 g/mol. The molecule has 2 aliphatic rings. The van der Waals surface area contributed by atoms with Crippen molar-refractivity contribution < 1.29 is 9.53 Å². The molecule has 0 aliphatic carbocycles. The van der Waals surface area contributed by atoms with E-state index < -0.39 is 0 Å². The Morgan fingerprint density at radius 2 is 2.29 bits per heavy atom. The molecule has 0 aromatic heterocycles. The summed E-state index contributed by atoms with van der Waals surface area (Å²) in [6.45, 7) is 3.93. The molecule has 2 saturated heterocycles. The van der Waals surface area contributed by atoms with Gasteiger partial charge in [0, 0.05) is 19.1 Å². The molecule has 4 nitrogen and oxygen atoms in total. The third kappa shape index (κ3) is 4.45. The molecule has 2 fully saturated rings. The minimum atomic E-state index is 0. The predicted octanol–water partition coefficient (Wildman–Crippen LogP) is 1.23. The third-order valence-corrected chi connectivity index (χ3v) is 3.51. The van der Waals surface area contributed by atoms with Gasteiger partial charge in [0.25, 0.3) is 0 Å². The van der Waals surface area contributed by atoms with Crippen LogP contribution in [0.15, 0.2) is 0 Å². The number of amides is 1. The minimum Gasteiger partial charge on any atom is -0.376 e. The maximum absolute atomic E-state index is 11.8. The van der Waals surface area contributed by atoms with E-state index >= 15 is 0 Å². The Morgan fingerprint density at radius 1 is 1.47 bits per heavy atom. The van der Waals surface area contributed by atoms with Crippen molar-refractivity contribution in [2.75, 3.05) is 13.2 Å². The zero-order valence-electron chi connectivity index (χ0n) is 10.4. The second-order valence-electron chi connectivity index (χ2n) is 4.91. The van der Waals surface area contributed by atoms with E-state index in [4.69, 9.17) is 4.74 Å². The number of hydrogen-bond acceptors (Lipinski definition) is 3. The summed E-state index contributed by atoms with van der Waals surface area (Å²) in [4.78, 5) is 11.8. The first-order valence-corrected chi connectivity index (χ1v) is 6.40. The summed E-state index contributed by atoms with van der Waals surface area (Å²) in [6, 6.07) is 0.535. The molecule has 3 unspecified atom stereocenters. The Bertz CT molecular complexity index is 239. The van der Waals surface area contributed by atoms with Gasteiger partial charge in [-0.2, -0.15) is 0 Å². The quantitative estimate of drug-likeness (QED) is 0.801. The van der Waals surface area contributed by atoms with Gasteiger partial charge in [-0.05, 0) is 39.2 Å². The molecule has 2 aliphatic heterocycles. The van der Waals surface area contributed by atoms with Crippen LogP contribution in [0.1, 0.15) is 39.0 Å². The van der Waals surface area contributed by atoms with Crippen molar-refractivity contribution >= 4 is 18.3 Å². The van der Waals surface area contributed by atoms with E-state index in [1.54, 1.807) is 0 Å². The van der Waals surface area contributed by atoms with Gasteiger partial charge in [0.05, 0.1) is 12.1 Å². The Balaban J connectivity index is 0.00000144. The SMILES string of the molecule is CC(NC(=O)CC1CCCN1)C1CCCO1.Cl. The van der Waals surface area contributed by atoms with Crippen molar-refractivity contribution in [3.63, 3.8) is 0 Å². The summed E-state index contributed by atoms with van der Waals surface area (Å²) < 4.78 is 5.56. The number of hydrogen-bond donors (Lipinski definition) is 2. The van der Waals surface area contributed by atoms with E-state index in [-0.39, 0.29) is 30.5 Å². The Morgan fingerprint density at radius 3 is 2.88 bits per heavy atom. The van der Waals surface area contributed by atoms with Gasteiger partial charge < -0.3 is 15.4 Å². The molecule has 0 bridgehead atoms. The molecule has 0 saturated carbocycles. The highest BCUT2D eigenvalue weighted by Gasteiger charge is 2.25. The minimum absolute atomic E-state index is 0. The third-order valence-electron chi connectivity index (χ3n) is 3.51. The number of nitrogens with one attached hydrogen (secondary N) is 2. The largest absolute Gasteiger partial charge is 0.376 e. The first kappa shape index (κ1) is 14.7. The first-order valence-electron chi connectivity index (χ1n) is 6.40. The highest BCUT2D eigenvalue weighted by Crippen LogP contribution is 2.16. The fraction of sp³-hybridized carbons (Fsp3) is 0.917. The van der Waals surface area contributed by atoms with Gasteiger partial charge in [0.2, 0.25) is 5.91 Å². The molecule has 0 radical (unpaired) electrons. The Hall–Kier alpha value is -0.320. The molecule has 0 aromatic rings. The lowest BCUT2D eigenvalue weighted by molar-refractivity contribution is -0.123. The van der Waals surface area contributed by atoms with Crippen LogP contribution in [-0.4, -0.2) is 37.2 Å². The van der Waals surface area contributed by atoms with E-state index in [0.717, 1.165) is 32.4 Å². The van der Waals surface area contributed by atoms with Crippen molar-refractivity contribution in [3.05, 3.63) is 0 Å². The molecule has 0 spiro atoms. The Labute approximate surface area is 109 Å². The van der Waals surface area contributed by atoms with E-state index in [1.807, 2.05) is 6.92 Å². The van der Waals surface area contributed by atoms with Gasteiger partial charge in [-0.1, -0.05) is 0 Å². The fourth-order valence-electron chi connectivity index (χ4n) is 2.56. The summed E-state index contributed by atoms with van der Waals surface area (Å²) in [7, 11) is 0. The summed E-state index contributed by atoms with van der Waals surface area (Å²) in [5.74, 6) is 0.155. The summed E-state index contributed by atoms with van der Waals surface area (Å²) >= 11 is 0. The highest BCUT2D eigenvalue weighted by molar-refractivity contribution is 5.85. The second-order valence-corrected chi connectivity index (χ2v) is 4.91. The second kappa shape index (κ2) is 7.19. The average Bonchev–Trinajstić information content (AvgIpc) is 2.88. The lowest BCUT2D eigenvalue weighted by Crippen LogP contribution is -2.42. The lowest BCUT2D eigenvalue weighted by atomic mass is 10.1. The first-order chi connectivity index (χ1) is 7.75. The molecule has 0 aromatic carbocycles. The van der Waals surface area contributed by atoms with Crippen molar-refractivity contribution in [2.24, 2.45) is 0 Å². The molecular formula is C12H23ClN2O2. The fourth-order valence-corrected chi connectivity index (χ4v) is 2.56.